The summed E-state index contributed by atoms with van der Waals surface area (Å²) in [6.45, 7) is 14.3. The number of aliphatic hydroxyl groups excluding tert-OH is 2. The molecule has 0 aromatic rings. The van der Waals surface area contributed by atoms with Crippen molar-refractivity contribution in [2.24, 2.45) is 16.7 Å². The van der Waals surface area contributed by atoms with Gasteiger partial charge in [-0.3, -0.25) is 14.5 Å². The molecule has 0 amide bonds. The maximum atomic E-state index is 13.8. The molecule has 4 aliphatic rings. The van der Waals surface area contributed by atoms with Crippen LogP contribution >= 0.6 is 0 Å². The van der Waals surface area contributed by atoms with E-state index in [0.29, 0.717) is 12.8 Å². The Morgan fingerprint density at radius 1 is 1.21 bits per heavy atom. The Morgan fingerprint density at radius 2 is 1.82 bits per heavy atom. The van der Waals surface area contributed by atoms with E-state index >= 15 is 0 Å². The van der Waals surface area contributed by atoms with Gasteiger partial charge in [-0.2, -0.15) is 0 Å². The third kappa shape index (κ3) is 3.36. The topological polar surface area (TPSA) is 117 Å². The second-order valence-electron chi connectivity index (χ2n) is 12.2. The smallest absolute Gasteiger partial charge is 0.320 e. The van der Waals surface area contributed by atoms with Gasteiger partial charge in [-0.1, -0.05) is 26.8 Å². The number of ketones is 1. The number of rotatable bonds is 4. The average Bonchev–Trinajstić information content (AvgIpc) is 3.24. The molecule has 34 heavy (non-hydrogen) atoms. The molecule has 2 saturated carbocycles. The number of hydrogen-bond donors (Lipinski definition) is 3. The van der Waals surface area contributed by atoms with Crippen LogP contribution in [0.1, 0.15) is 66.7 Å². The largest absolute Gasteiger partial charge is 0.455 e. The first-order valence-electron chi connectivity index (χ1n) is 12.5. The number of hydrogen-bond acceptors (Lipinski definition) is 8. The molecule has 4 rings (SSSR count). The van der Waals surface area contributed by atoms with Crippen LogP contribution < -0.4 is 0 Å². The molecule has 2 saturated heterocycles. The van der Waals surface area contributed by atoms with Crippen molar-refractivity contribution in [3.63, 3.8) is 0 Å². The van der Waals surface area contributed by atoms with Crippen molar-refractivity contribution in [3.8, 4) is 0 Å². The van der Waals surface area contributed by atoms with Gasteiger partial charge in [-0.05, 0) is 58.0 Å². The molecule has 0 unspecified atom stereocenters. The molecule has 0 aromatic carbocycles. The zero-order valence-corrected chi connectivity index (χ0v) is 21.2. The lowest BCUT2D eigenvalue weighted by Gasteiger charge is -2.71. The quantitative estimate of drug-likeness (QED) is 0.411. The number of likely N-dealkylation sites (tertiary alicyclic amines) is 1. The van der Waals surface area contributed by atoms with Gasteiger partial charge in [-0.15, -0.1) is 6.58 Å². The fourth-order valence-electron chi connectivity index (χ4n) is 7.78. The first-order valence-corrected chi connectivity index (χ1v) is 12.5. The number of carbonyl (C=O) groups is 2. The highest BCUT2D eigenvalue weighted by Crippen LogP contribution is 2.67. The van der Waals surface area contributed by atoms with Crippen molar-refractivity contribution in [3.05, 3.63) is 12.7 Å². The monoisotopic (exact) mass is 479 g/mol. The minimum absolute atomic E-state index is 0.0678. The molecule has 8 atom stereocenters. The standard InChI is InChI=1S/C26H41NO7/c1-7-23(4)14-17(29)26(32)24(5)16(28)10-11-22(2,3)20(24)19(31)21(25(26,6)34-23)33-18(30)15-27-12-8-9-13-27/h7,16,19-21,28,31-32H,1,8-15H2,2-6H3/t16-,19-,20-,21-,23-,24-,25+,26-/m0/s1. The number of ether oxygens (including phenoxy) is 2. The third-order valence-electron chi connectivity index (χ3n) is 9.54. The van der Waals surface area contributed by atoms with Gasteiger partial charge >= 0.3 is 5.97 Å². The fourth-order valence-corrected chi connectivity index (χ4v) is 7.78. The molecule has 3 N–H and O–H groups in total. The van der Waals surface area contributed by atoms with E-state index in [9.17, 15) is 24.9 Å². The molecular weight excluding hydrogens is 438 g/mol. The first kappa shape index (κ1) is 25.8. The summed E-state index contributed by atoms with van der Waals surface area (Å²) in [6.07, 6.45) is 0.733. The summed E-state index contributed by atoms with van der Waals surface area (Å²) in [5.41, 5.74) is -7.08. The Bertz CT molecular complexity index is 869. The predicted molar refractivity (Wildman–Crippen MR) is 125 cm³/mol. The fraction of sp³-hybridized carbons (Fsp3) is 0.846. The molecule has 0 bridgehead atoms. The zero-order valence-electron chi connectivity index (χ0n) is 21.2. The van der Waals surface area contributed by atoms with E-state index in [1.807, 2.05) is 18.7 Å². The van der Waals surface area contributed by atoms with E-state index in [4.69, 9.17) is 9.47 Å². The van der Waals surface area contributed by atoms with Crippen LogP contribution in [-0.4, -0.2) is 86.7 Å². The van der Waals surface area contributed by atoms with Gasteiger partial charge in [0.2, 0.25) is 0 Å². The van der Waals surface area contributed by atoms with E-state index in [0.717, 1.165) is 25.9 Å². The zero-order chi connectivity index (χ0) is 25.3. The molecule has 4 fully saturated rings. The van der Waals surface area contributed by atoms with Crippen LogP contribution in [0.2, 0.25) is 0 Å². The van der Waals surface area contributed by atoms with Gasteiger partial charge in [-0.25, -0.2) is 0 Å². The van der Waals surface area contributed by atoms with Gasteiger partial charge in [0.25, 0.3) is 0 Å². The van der Waals surface area contributed by atoms with Crippen LogP contribution in [0.5, 0.6) is 0 Å². The highest BCUT2D eigenvalue weighted by Gasteiger charge is 2.81. The Kier molecular flexibility index (Phi) is 6.14. The summed E-state index contributed by atoms with van der Waals surface area (Å²) in [5, 5.41) is 35.5. The number of esters is 1. The molecular formula is C26H41NO7. The lowest BCUT2D eigenvalue weighted by Crippen LogP contribution is -2.86. The second kappa shape index (κ2) is 8.10. The molecule has 2 aliphatic carbocycles. The predicted octanol–water partition coefficient (Wildman–Crippen LogP) is 1.60. The normalized spacial score (nSPS) is 48.6. The minimum atomic E-state index is -2.19. The molecule has 192 valence electrons. The van der Waals surface area contributed by atoms with Gasteiger partial charge in [0, 0.05) is 17.8 Å². The summed E-state index contributed by atoms with van der Waals surface area (Å²) < 4.78 is 12.3. The van der Waals surface area contributed by atoms with Crippen molar-refractivity contribution in [2.75, 3.05) is 19.6 Å². The Balaban J connectivity index is 1.84. The van der Waals surface area contributed by atoms with Crippen LogP contribution in [-0.2, 0) is 19.1 Å². The maximum absolute atomic E-state index is 13.8. The molecule has 0 radical (unpaired) electrons. The van der Waals surface area contributed by atoms with Gasteiger partial charge in [0.1, 0.15) is 5.60 Å². The highest BCUT2D eigenvalue weighted by atomic mass is 16.6. The lowest BCUT2D eigenvalue weighted by molar-refractivity contribution is -0.370. The van der Waals surface area contributed by atoms with Crippen LogP contribution in [0.25, 0.3) is 0 Å². The molecule has 8 heteroatoms. The first-order chi connectivity index (χ1) is 15.7. The summed E-state index contributed by atoms with van der Waals surface area (Å²) in [5.74, 6) is -1.75. The number of Topliss-reactive ketones (excluding diaryl/α,β-unsaturated/α-hetero) is 1. The Labute approximate surface area is 202 Å². The lowest BCUT2D eigenvalue weighted by atomic mass is 9.40. The average molecular weight is 480 g/mol. The number of carbonyl (C=O) groups excluding carboxylic acids is 2. The SMILES string of the molecule is C=C[C@@]1(C)CC(=O)[C@]2(O)[C@@]3(C)[C@@H](O)CCC(C)(C)[C@@H]3[C@H](O)[C@H](OC(=O)CN3CCCC3)[C@@]2(C)O1. The molecule has 8 nitrogen and oxygen atoms in total. The summed E-state index contributed by atoms with van der Waals surface area (Å²) in [7, 11) is 0. The number of nitrogens with zero attached hydrogens (tertiary/aromatic N) is 1. The molecule has 2 aliphatic heterocycles. The second-order valence-corrected chi connectivity index (χ2v) is 12.2. The molecule has 2 heterocycles. The van der Waals surface area contributed by atoms with Crippen molar-refractivity contribution < 1.29 is 34.4 Å². The van der Waals surface area contributed by atoms with Gasteiger partial charge < -0.3 is 24.8 Å². The summed E-state index contributed by atoms with van der Waals surface area (Å²) >= 11 is 0. The van der Waals surface area contributed by atoms with Crippen LogP contribution in [0, 0.1) is 16.7 Å². The number of aliphatic hydroxyl groups is 3. The summed E-state index contributed by atoms with van der Waals surface area (Å²) in [4.78, 5) is 28.9. The van der Waals surface area contributed by atoms with Crippen molar-refractivity contribution in [1.82, 2.24) is 4.90 Å². The Hall–Kier alpha value is -1.32. The van der Waals surface area contributed by atoms with Crippen LogP contribution in [0.3, 0.4) is 0 Å². The van der Waals surface area contributed by atoms with E-state index in [1.165, 1.54) is 13.0 Å². The molecule has 0 aromatic heterocycles. The van der Waals surface area contributed by atoms with Crippen LogP contribution in [0.15, 0.2) is 12.7 Å². The van der Waals surface area contributed by atoms with Gasteiger partial charge in [0.15, 0.2) is 17.5 Å². The minimum Gasteiger partial charge on any atom is -0.455 e. The summed E-state index contributed by atoms with van der Waals surface area (Å²) in [6, 6.07) is 0. The van der Waals surface area contributed by atoms with Crippen molar-refractivity contribution >= 4 is 11.8 Å². The van der Waals surface area contributed by atoms with E-state index in [1.54, 1.807) is 13.8 Å². The van der Waals surface area contributed by atoms with Gasteiger partial charge in [0.05, 0.1) is 24.4 Å². The van der Waals surface area contributed by atoms with Crippen molar-refractivity contribution in [2.45, 2.75) is 102 Å². The Morgan fingerprint density at radius 3 is 2.41 bits per heavy atom. The maximum Gasteiger partial charge on any atom is 0.320 e. The van der Waals surface area contributed by atoms with E-state index in [-0.39, 0.29) is 13.0 Å². The molecule has 0 spiro atoms. The number of fused-ring (bicyclic) bond motifs is 3. The third-order valence-corrected chi connectivity index (χ3v) is 9.54. The van der Waals surface area contributed by atoms with Crippen LogP contribution in [0.4, 0.5) is 0 Å². The van der Waals surface area contributed by atoms with Crippen molar-refractivity contribution in [1.29, 1.82) is 0 Å². The van der Waals surface area contributed by atoms with E-state index < -0.39 is 63.6 Å². The highest BCUT2D eigenvalue weighted by molar-refractivity contribution is 5.92. The van der Waals surface area contributed by atoms with E-state index in [2.05, 4.69) is 6.58 Å².